The molecule has 0 bridgehead atoms. The highest BCUT2D eigenvalue weighted by Gasteiger charge is 2.15. The van der Waals surface area contributed by atoms with Gasteiger partial charge < -0.3 is 24.2 Å². The van der Waals surface area contributed by atoms with Crippen molar-refractivity contribution >= 4 is 29.0 Å². The van der Waals surface area contributed by atoms with E-state index in [9.17, 15) is 14.7 Å². The second-order valence-corrected chi connectivity index (χ2v) is 6.82. The molecule has 0 heterocycles. The number of hydrogen-bond donors (Lipinski definition) is 1. The summed E-state index contributed by atoms with van der Waals surface area (Å²) in [5.41, 5.74) is 2.21. The molecule has 0 fully saturated rings. The van der Waals surface area contributed by atoms with Crippen molar-refractivity contribution in [2.75, 3.05) is 4.90 Å². The molecular weight excluding hydrogens is 434 g/mol. The molecule has 0 spiro atoms. The highest BCUT2D eigenvalue weighted by atomic mass is 16.6. The predicted octanol–water partition coefficient (Wildman–Crippen LogP) is 5.22. The minimum atomic E-state index is -1.15. The van der Waals surface area contributed by atoms with Crippen LogP contribution in [0.15, 0.2) is 111 Å². The minimum Gasteiger partial charge on any atom is -0.461 e. The number of carbonyl (C=O) groups is 2. The van der Waals surface area contributed by atoms with Crippen molar-refractivity contribution < 1.29 is 28.9 Å². The van der Waals surface area contributed by atoms with Gasteiger partial charge in [0.2, 0.25) is 6.29 Å². The summed E-state index contributed by atoms with van der Waals surface area (Å²) in [5, 5.41) is 9.77. The van der Waals surface area contributed by atoms with Gasteiger partial charge in [0, 0.05) is 35.3 Å². The smallest absolute Gasteiger partial charge is 0.335 e. The number of benzene rings is 3. The number of nitrogens with zero attached hydrogens (tertiary/aromatic N) is 1. The summed E-state index contributed by atoms with van der Waals surface area (Å²) in [7, 11) is 0. The maximum atomic E-state index is 11.5. The first-order valence-electron chi connectivity index (χ1n) is 10.2. The highest BCUT2D eigenvalue weighted by Crippen LogP contribution is 2.37. The van der Waals surface area contributed by atoms with Crippen LogP contribution in [0.4, 0.5) is 17.1 Å². The Labute approximate surface area is 197 Å². The van der Waals surface area contributed by atoms with Crippen LogP contribution in [0.25, 0.3) is 0 Å². The summed E-state index contributed by atoms with van der Waals surface area (Å²) in [6, 6.07) is 20.9. The molecule has 0 saturated carbocycles. The first kappa shape index (κ1) is 24.0. The largest absolute Gasteiger partial charge is 0.461 e. The molecule has 0 saturated heterocycles. The second-order valence-electron chi connectivity index (χ2n) is 6.82. The average Bonchev–Trinajstić information content (AvgIpc) is 2.86. The number of esters is 2. The van der Waals surface area contributed by atoms with Gasteiger partial charge in [-0.05, 0) is 66.7 Å². The SMILES string of the molecule is C=CC(=O)Oc1ccc(N(c2ccc(OC(=O)C=C)cc2)c2cccc(OC(O)C=C)c2)cc1. The molecule has 3 rings (SSSR count). The number of ether oxygens (including phenoxy) is 3. The molecule has 34 heavy (non-hydrogen) atoms. The van der Waals surface area contributed by atoms with Crippen molar-refractivity contribution in [1.82, 2.24) is 0 Å². The number of carbonyl (C=O) groups excluding carboxylic acids is 2. The molecule has 0 aromatic heterocycles. The topological polar surface area (TPSA) is 85.3 Å². The van der Waals surface area contributed by atoms with Crippen molar-refractivity contribution in [3.8, 4) is 17.2 Å². The van der Waals surface area contributed by atoms with Gasteiger partial charge in [0.1, 0.15) is 17.2 Å². The lowest BCUT2D eigenvalue weighted by atomic mass is 10.1. The monoisotopic (exact) mass is 457 g/mol. The van der Waals surface area contributed by atoms with Gasteiger partial charge in [0.05, 0.1) is 0 Å². The third-order valence-corrected chi connectivity index (χ3v) is 4.49. The number of aliphatic hydroxyl groups is 1. The molecule has 1 unspecified atom stereocenters. The lowest BCUT2D eigenvalue weighted by molar-refractivity contribution is -0.129. The molecule has 7 heteroatoms. The first-order valence-corrected chi connectivity index (χ1v) is 10.2. The Morgan fingerprint density at radius 1 is 0.735 bits per heavy atom. The first-order chi connectivity index (χ1) is 16.4. The normalized spacial score (nSPS) is 11.0. The van der Waals surface area contributed by atoms with Crippen LogP contribution >= 0.6 is 0 Å². The number of aliphatic hydroxyl groups excluding tert-OH is 1. The van der Waals surface area contributed by atoms with Gasteiger partial charge in [-0.1, -0.05) is 25.8 Å². The van der Waals surface area contributed by atoms with Crippen molar-refractivity contribution in [2.24, 2.45) is 0 Å². The Kier molecular flexibility index (Phi) is 7.99. The predicted molar refractivity (Wildman–Crippen MR) is 130 cm³/mol. The number of rotatable bonds is 10. The number of hydrogen-bond acceptors (Lipinski definition) is 7. The van der Waals surface area contributed by atoms with E-state index in [0.717, 1.165) is 29.2 Å². The molecule has 1 atom stereocenters. The summed E-state index contributed by atoms with van der Waals surface area (Å²) < 4.78 is 15.8. The third kappa shape index (κ3) is 6.21. The fraction of sp³-hybridized carbons (Fsp3) is 0.0370. The molecule has 0 aliphatic rings. The molecule has 0 aliphatic carbocycles. The van der Waals surface area contributed by atoms with Crippen molar-refractivity contribution in [1.29, 1.82) is 0 Å². The zero-order valence-corrected chi connectivity index (χ0v) is 18.3. The highest BCUT2D eigenvalue weighted by molar-refractivity contribution is 5.84. The van der Waals surface area contributed by atoms with Crippen LogP contribution in [0, 0.1) is 0 Å². The average molecular weight is 457 g/mol. The molecule has 0 amide bonds. The van der Waals surface area contributed by atoms with Gasteiger partial charge in [-0.2, -0.15) is 0 Å². The van der Waals surface area contributed by atoms with Crippen LogP contribution < -0.4 is 19.1 Å². The molecule has 0 radical (unpaired) electrons. The molecule has 0 aliphatic heterocycles. The lowest BCUT2D eigenvalue weighted by Crippen LogP contribution is -2.13. The summed E-state index contributed by atoms with van der Waals surface area (Å²) in [6.07, 6.45) is 2.30. The van der Waals surface area contributed by atoms with E-state index in [1.54, 1.807) is 66.7 Å². The Balaban J connectivity index is 2.00. The van der Waals surface area contributed by atoms with E-state index in [1.807, 2.05) is 11.0 Å². The number of anilines is 3. The van der Waals surface area contributed by atoms with E-state index in [-0.39, 0.29) is 0 Å². The molecule has 1 N–H and O–H groups in total. The Morgan fingerprint density at radius 3 is 1.68 bits per heavy atom. The van der Waals surface area contributed by atoms with Crippen LogP contribution in [0.1, 0.15) is 0 Å². The summed E-state index contributed by atoms with van der Waals surface area (Å²) in [4.78, 5) is 24.9. The van der Waals surface area contributed by atoms with Gasteiger partial charge >= 0.3 is 11.9 Å². The van der Waals surface area contributed by atoms with Crippen molar-refractivity contribution in [3.05, 3.63) is 111 Å². The van der Waals surface area contributed by atoms with E-state index >= 15 is 0 Å². The van der Waals surface area contributed by atoms with E-state index in [4.69, 9.17) is 14.2 Å². The molecular formula is C27H23NO6. The molecule has 172 valence electrons. The van der Waals surface area contributed by atoms with E-state index in [0.29, 0.717) is 17.2 Å². The van der Waals surface area contributed by atoms with Crippen LogP contribution in [0.5, 0.6) is 17.2 Å². The molecule has 3 aromatic rings. The van der Waals surface area contributed by atoms with Crippen molar-refractivity contribution in [2.45, 2.75) is 6.29 Å². The molecule has 3 aromatic carbocycles. The quantitative estimate of drug-likeness (QED) is 0.147. The van der Waals surface area contributed by atoms with Crippen LogP contribution in [-0.2, 0) is 9.59 Å². The minimum absolute atomic E-state index is 0.367. The Hall–Kier alpha value is -4.62. The Bertz CT molecular complexity index is 1120. The fourth-order valence-corrected chi connectivity index (χ4v) is 2.97. The van der Waals surface area contributed by atoms with Gasteiger partial charge in [0.25, 0.3) is 0 Å². The lowest BCUT2D eigenvalue weighted by Gasteiger charge is -2.26. The summed E-state index contributed by atoms with van der Waals surface area (Å²) >= 11 is 0. The van der Waals surface area contributed by atoms with E-state index in [2.05, 4.69) is 19.7 Å². The summed E-state index contributed by atoms with van der Waals surface area (Å²) in [5.74, 6) is 0.0562. The standard InChI is InChI=1S/C27H23NO6/c1-4-25(29)32-22-14-10-19(11-15-22)28(20-12-16-23(17-13-20)33-26(30)5-2)21-8-7-9-24(18-21)34-27(31)6-3/h4-18,27,31H,1-3H2. The zero-order valence-electron chi connectivity index (χ0n) is 18.3. The van der Waals surface area contributed by atoms with Crippen LogP contribution in [-0.4, -0.2) is 23.3 Å². The van der Waals surface area contributed by atoms with Crippen LogP contribution in [0.3, 0.4) is 0 Å². The van der Waals surface area contributed by atoms with Crippen LogP contribution in [0.2, 0.25) is 0 Å². The maximum absolute atomic E-state index is 11.5. The Morgan fingerprint density at radius 2 is 1.24 bits per heavy atom. The van der Waals surface area contributed by atoms with Gasteiger partial charge in [0.15, 0.2) is 0 Å². The fourth-order valence-electron chi connectivity index (χ4n) is 2.97. The van der Waals surface area contributed by atoms with Gasteiger partial charge in [-0.3, -0.25) is 0 Å². The second kappa shape index (κ2) is 11.3. The third-order valence-electron chi connectivity index (χ3n) is 4.49. The van der Waals surface area contributed by atoms with Gasteiger partial charge in [-0.25, -0.2) is 9.59 Å². The van der Waals surface area contributed by atoms with Crippen molar-refractivity contribution in [3.63, 3.8) is 0 Å². The maximum Gasteiger partial charge on any atom is 0.335 e. The molecule has 7 nitrogen and oxygen atoms in total. The van der Waals surface area contributed by atoms with E-state index < -0.39 is 18.2 Å². The van der Waals surface area contributed by atoms with E-state index in [1.165, 1.54) is 6.08 Å². The zero-order chi connectivity index (χ0) is 24.5. The van der Waals surface area contributed by atoms with Gasteiger partial charge in [-0.15, -0.1) is 0 Å². The summed E-state index contributed by atoms with van der Waals surface area (Å²) in [6.45, 7) is 10.3.